The Morgan fingerprint density at radius 3 is 2.23 bits per heavy atom. The molecule has 4 heterocycles. The zero-order valence-corrected chi connectivity index (χ0v) is 40.8. The van der Waals surface area contributed by atoms with Crippen LogP contribution in [0.15, 0.2) is 34.7 Å². The van der Waals surface area contributed by atoms with Gasteiger partial charge in [-0.15, -0.1) is 0 Å². The molecule has 3 aliphatic heterocycles. The van der Waals surface area contributed by atoms with E-state index in [2.05, 4.69) is 29.2 Å². The van der Waals surface area contributed by atoms with Gasteiger partial charge in [-0.2, -0.15) is 5.10 Å². The van der Waals surface area contributed by atoms with Crippen LogP contribution in [-0.4, -0.2) is 115 Å². The summed E-state index contributed by atoms with van der Waals surface area (Å²) < 4.78 is 26.0. The van der Waals surface area contributed by atoms with E-state index in [0.717, 1.165) is 19.6 Å². The summed E-state index contributed by atoms with van der Waals surface area (Å²) in [7, 11) is 3.15. The number of fused-ring (bicyclic) bond motifs is 5. The van der Waals surface area contributed by atoms with Gasteiger partial charge in [0.05, 0.1) is 52.6 Å². The van der Waals surface area contributed by atoms with Gasteiger partial charge in [0, 0.05) is 94.9 Å². The quantitative estimate of drug-likeness (QED) is 0.0644. The monoisotopic (exact) mass is 919 g/mol. The van der Waals surface area contributed by atoms with Crippen molar-refractivity contribution in [3.8, 4) is 17.2 Å². The Morgan fingerprint density at radius 2 is 1.65 bits per heavy atom. The Bertz CT molecular complexity index is 2490. The summed E-state index contributed by atoms with van der Waals surface area (Å²) in [4.78, 5) is 53.8. The maximum atomic E-state index is 14.8. The van der Waals surface area contributed by atoms with Gasteiger partial charge < -0.3 is 49.6 Å². The SMILES string of the molecule is CCC(=O)Nc1c(O)c2c(O)c(C)c3c(c2c2c1=NC1(CCN(CC(C)C)CC1)N=2)C(=O)[C@@](C)(O/C=C/[C@H](OC)[C@@H](C)[C@@H](OC(=O)c1cnn(C)c1)[C@H](C)[C@H](O)[C@H](C)[C@@H](O)CC(C)(C)C)O3. The Kier molecular flexibility index (Phi) is 14.7. The van der Waals surface area contributed by atoms with Crippen LogP contribution in [0.4, 0.5) is 5.69 Å². The molecule has 8 atom stereocenters. The number of aromatic hydroxyl groups is 2. The zero-order valence-electron chi connectivity index (χ0n) is 40.8. The molecule has 362 valence electrons. The van der Waals surface area contributed by atoms with Gasteiger partial charge in [0.25, 0.3) is 5.78 Å². The number of likely N-dealkylation sites (tertiary alicyclic amines) is 1. The molecule has 17 heteroatoms. The number of anilines is 1. The number of Topliss-reactive ketones (excluding diaryl/α,β-unsaturated/α-hetero) is 1. The van der Waals surface area contributed by atoms with E-state index in [0.29, 0.717) is 25.2 Å². The highest BCUT2D eigenvalue weighted by atomic mass is 16.7. The number of aliphatic hydroxyl groups is 2. The fourth-order valence-corrected chi connectivity index (χ4v) is 9.54. The number of methoxy groups -OCH3 is 1. The molecule has 0 bridgehead atoms. The molecule has 3 aliphatic rings. The highest BCUT2D eigenvalue weighted by Gasteiger charge is 2.50. The molecule has 1 amide bonds. The van der Waals surface area contributed by atoms with Crippen molar-refractivity contribution < 1.29 is 53.8 Å². The minimum Gasteiger partial charge on any atom is -0.507 e. The third kappa shape index (κ3) is 9.95. The largest absolute Gasteiger partial charge is 0.507 e. The molecule has 2 aromatic carbocycles. The van der Waals surface area contributed by atoms with Crippen LogP contribution in [0.3, 0.4) is 0 Å². The molecule has 17 nitrogen and oxygen atoms in total. The number of benzene rings is 2. The van der Waals surface area contributed by atoms with Crippen LogP contribution in [0, 0.1) is 36.0 Å². The summed E-state index contributed by atoms with van der Waals surface area (Å²) >= 11 is 0. The number of ketones is 1. The summed E-state index contributed by atoms with van der Waals surface area (Å²) in [5.41, 5.74) is -0.698. The summed E-state index contributed by atoms with van der Waals surface area (Å²) in [6.45, 7) is 22.7. The van der Waals surface area contributed by atoms with Crippen molar-refractivity contribution in [1.29, 1.82) is 0 Å². The number of aliphatic hydroxyl groups excluding tert-OH is 2. The second kappa shape index (κ2) is 19.2. The van der Waals surface area contributed by atoms with E-state index in [1.54, 1.807) is 47.7 Å². The molecule has 1 fully saturated rings. The van der Waals surface area contributed by atoms with Gasteiger partial charge in [-0.25, -0.2) is 4.79 Å². The lowest BCUT2D eigenvalue weighted by molar-refractivity contribution is -0.115. The number of ether oxygens (including phenoxy) is 4. The van der Waals surface area contributed by atoms with Gasteiger partial charge >= 0.3 is 11.8 Å². The predicted octanol–water partition coefficient (Wildman–Crippen LogP) is 5.47. The number of phenols is 2. The second-order valence-corrected chi connectivity index (χ2v) is 20.3. The fourth-order valence-electron chi connectivity index (χ4n) is 9.54. The van der Waals surface area contributed by atoms with Crippen LogP contribution in [0.2, 0.25) is 0 Å². The Morgan fingerprint density at radius 1 is 1.00 bits per heavy atom. The van der Waals surface area contributed by atoms with Crippen LogP contribution in [0.25, 0.3) is 10.8 Å². The number of carbonyl (C=O) groups is 3. The van der Waals surface area contributed by atoms with Crippen LogP contribution in [0.5, 0.6) is 17.2 Å². The molecule has 0 saturated carbocycles. The van der Waals surface area contributed by atoms with Gasteiger partial charge in [0.15, 0.2) is 11.4 Å². The van der Waals surface area contributed by atoms with Gasteiger partial charge in [-0.3, -0.25) is 24.3 Å². The number of phenolic OH excluding ortho intramolecular Hbond substituents is 2. The van der Waals surface area contributed by atoms with Crippen molar-refractivity contribution in [2.45, 2.75) is 138 Å². The molecular formula is C49H70N6O11. The van der Waals surface area contributed by atoms with Gasteiger partial charge in [-0.05, 0) is 30.8 Å². The van der Waals surface area contributed by atoms with E-state index >= 15 is 0 Å². The molecule has 66 heavy (non-hydrogen) atoms. The lowest BCUT2D eigenvalue weighted by Crippen LogP contribution is -2.46. The number of carbonyl (C=O) groups excluding carboxylic acids is 3. The number of piperidine rings is 1. The Balaban J connectivity index is 1.34. The molecule has 6 rings (SSSR count). The molecular weight excluding hydrogens is 849 g/mol. The molecule has 3 aromatic rings. The van der Waals surface area contributed by atoms with Crippen LogP contribution in [0.1, 0.15) is 121 Å². The number of nitrogens with zero attached hydrogens (tertiary/aromatic N) is 5. The number of hydrogen-bond donors (Lipinski definition) is 5. The van der Waals surface area contributed by atoms with Gasteiger partial charge in [-0.1, -0.05) is 62.3 Å². The third-order valence-corrected chi connectivity index (χ3v) is 13.4. The van der Waals surface area contributed by atoms with E-state index in [1.807, 2.05) is 20.8 Å². The number of hydrogen-bond acceptors (Lipinski definition) is 15. The van der Waals surface area contributed by atoms with Crippen molar-refractivity contribution in [3.63, 3.8) is 0 Å². The minimum absolute atomic E-state index is 0.0130. The molecule has 0 radical (unpaired) electrons. The maximum Gasteiger partial charge on any atom is 0.341 e. The summed E-state index contributed by atoms with van der Waals surface area (Å²) in [6, 6.07) is 0. The van der Waals surface area contributed by atoms with Gasteiger partial charge in [0.2, 0.25) is 5.91 Å². The Hall–Kier alpha value is -5.10. The first-order chi connectivity index (χ1) is 30.9. The fraction of sp³-hybridized carbons (Fsp3) is 0.633. The van der Waals surface area contributed by atoms with Crippen LogP contribution < -0.4 is 20.8 Å². The lowest BCUT2D eigenvalue weighted by Gasteiger charge is -2.38. The zero-order chi connectivity index (χ0) is 48.8. The number of rotatable bonds is 17. The number of aryl methyl sites for hydroxylation is 1. The first-order valence-corrected chi connectivity index (χ1v) is 23.1. The first-order valence-electron chi connectivity index (χ1n) is 23.1. The smallest absolute Gasteiger partial charge is 0.341 e. The number of nitrogens with one attached hydrogen (secondary N) is 1. The molecule has 0 unspecified atom stereocenters. The summed E-state index contributed by atoms with van der Waals surface area (Å²) in [6.07, 6.45) is 3.74. The van der Waals surface area contributed by atoms with Gasteiger partial charge in [0.1, 0.15) is 28.6 Å². The molecule has 1 saturated heterocycles. The normalized spacial score (nSPS) is 21.4. The van der Waals surface area contributed by atoms with Crippen LogP contribution in [-0.2, 0) is 26.1 Å². The molecule has 5 N–H and O–H groups in total. The predicted molar refractivity (Wildman–Crippen MR) is 247 cm³/mol. The van der Waals surface area contributed by atoms with Crippen LogP contribution >= 0.6 is 0 Å². The average Bonchev–Trinajstić information content (AvgIpc) is 3.94. The minimum atomic E-state index is -1.98. The van der Waals surface area contributed by atoms with Crippen molar-refractivity contribution in [1.82, 2.24) is 14.7 Å². The molecule has 1 aromatic heterocycles. The van der Waals surface area contributed by atoms with E-state index in [9.17, 15) is 34.8 Å². The summed E-state index contributed by atoms with van der Waals surface area (Å²) in [5, 5.41) is 53.9. The van der Waals surface area contributed by atoms with Crippen molar-refractivity contribution in [3.05, 3.63) is 52.1 Å². The Labute approximate surface area is 386 Å². The lowest BCUT2D eigenvalue weighted by atomic mass is 9.77. The molecule has 0 aliphatic carbocycles. The average molecular weight is 919 g/mol. The number of amides is 1. The second-order valence-electron chi connectivity index (χ2n) is 20.3. The highest BCUT2D eigenvalue weighted by Crippen LogP contribution is 2.50. The molecule has 1 spiro atoms. The van der Waals surface area contributed by atoms with Crippen molar-refractivity contribution >= 4 is 34.1 Å². The van der Waals surface area contributed by atoms with E-state index in [1.165, 1.54) is 37.4 Å². The summed E-state index contributed by atoms with van der Waals surface area (Å²) in [5.74, 6) is -5.81. The highest BCUT2D eigenvalue weighted by molar-refractivity contribution is 6.19. The van der Waals surface area contributed by atoms with Crippen molar-refractivity contribution in [2.24, 2.45) is 46.1 Å². The first kappa shape index (κ1) is 50.3. The van der Waals surface area contributed by atoms with Crippen molar-refractivity contribution in [2.75, 3.05) is 32.1 Å². The maximum absolute atomic E-state index is 14.8. The van der Waals surface area contributed by atoms with E-state index in [-0.39, 0.29) is 73.1 Å². The topological polar surface area (TPSA) is 227 Å². The number of aromatic nitrogens is 2. The standard InChI is InChI=1S/C49H70N6O11/c1-14-33(57)51-39-38-37(52-49(53-38)16-18-55(19-17-49)23-25(2)3)34-35(42(39)60)41(59)29(7)44-36(34)45(61)48(11,66-44)64-20-15-32(63-13)27(5)43(65-46(62)30-22-50-54(12)24-30)28(6)40(58)26(4)31(56)21-47(8,9)10/h15,20,22,24-28,31-32,40,43,56,58-60H,14,16-19,21,23H2,1-13H3,(H,51,57)/b20-15+/t26-,27-,28-,31+,32+,40-,43-,48+/m1/s1. The number of esters is 1. The third-order valence-electron chi connectivity index (χ3n) is 13.4. The van der Waals surface area contributed by atoms with E-state index < -0.39 is 71.1 Å². The van der Waals surface area contributed by atoms with E-state index in [4.69, 9.17) is 28.9 Å².